The smallest absolute Gasteiger partial charge is 0.121 e. The summed E-state index contributed by atoms with van der Waals surface area (Å²) in [6.07, 6.45) is 0.0908. The summed E-state index contributed by atoms with van der Waals surface area (Å²) in [5, 5.41) is 11.5. The first-order valence-corrected chi connectivity index (χ1v) is 5.07. The molecule has 1 aromatic carbocycles. The largest absolute Gasteiger partial charge is 0.543 e. The van der Waals surface area contributed by atoms with Crippen LogP contribution in [0, 0.1) is 0 Å². The van der Waals surface area contributed by atoms with E-state index in [0.29, 0.717) is 5.75 Å². The highest BCUT2D eigenvalue weighted by Gasteiger charge is 2.04. The molecule has 4 nitrogen and oxygen atoms in total. The molecule has 0 unspecified atom stereocenters. The number of benzene rings is 1. The van der Waals surface area contributed by atoms with E-state index in [-0.39, 0.29) is 11.8 Å². The van der Waals surface area contributed by atoms with E-state index < -0.39 is 5.97 Å². The fourth-order valence-electron chi connectivity index (χ4n) is 1.56. The van der Waals surface area contributed by atoms with Crippen molar-refractivity contribution < 1.29 is 14.6 Å². The molecular weight excluding hydrogens is 206 g/mol. The Labute approximate surface area is 92.9 Å². The van der Waals surface area contributed by atoms with Crippen molar-refractivity contribution in [3.8, 4) is 5.75 Å². The fraction of sp³-hybridized carbons (Fsp3) is 0.250. The number of hydrogen-bond donors (Lipinski definition) is 1. The van der Waals surface area contributed by atoms with E-state index in [2.05, 4.69) is 4.98 Å². The number of fused-ring (bicyclic) bond motifs is 1. The van der Waals surface area contributed by atoms with E-state index in [4.69, 9.17) is 4.74 Å². The summed E-state index contributed by atoms with van der Waals surface area (Å²) in [5.74, 6) is -0.489. The van der Waals surface area contributed by atoms with Crippen molar-refractivity contribution in [1.82, 2.24) is 4.98 Å². The molecule has 0 spiro atoms. The van der Waals surface area contributed by atoms with Crippen LogP contribution in [-0.4, -0.2) is 17.1 Å². The minimum atomic E-state index is -1.21. The number of H-pyrrole nitrogens is 1. The van der Waals surface area contributed by atoms with Gasteiger partial charge in [0.2, 0.25) is 0 Å². The topological polar surface area (TPSA) is 65.2 Å². The van der Waals surface area contributed by atoms with Crippen molar-refractivity contribution in [2.75, 3.05) is 0 Å². The first-order valence-electron chi connectivity index (χ1n) is 5.07. The van der Waals surface area contributed by atoms with Gasteiger partial charge in [0.05, 0.1) is 17.8 Å². The molecular formula is C12H12NO3-. The molecule has 2 aromatic rings. The predicted molar refractivity (Wildman–Crippen MR) is 58.4 cm³/mol. The number of nitrogens with one attached hydrogen (secondary N) is 1. The predicted octanol–water partition coefficient (Wildman–Crippen LogP) is 1.32. The van der Waals surface area contributed by atoms with Gasteiger partial charge in [-0.25, -0.2) is 0 Å². The van der Waals surface area contributed by atoms with Crippen molar-refractivity contribution in [3.05, 3.63) is 30.0 Å². The van der Waals surface area contributed by atoms with Gasteiger partial charge in [0.1, 0.15) is 5.75 Å². The van der Waals surface area contributed by atoms with Gasteiger partial charge in [-0.15, -0.1) is 0 Å². The maximum absolute atomic E-state index is 10.7. The lowest BCUT2D eigenvalue weighted by Gasteiger charge is -2.08. The van der Waals surface area contributed by atoms with Gasteiger partial charge in [0.25, 0.3) is 0 Å². The van der Waals surface area contributed by atoms with E-state index in [0.717, 1.165) is 10.9 Å². The van der Waals surface area contributed by atoms with Gasteiger partial charge in [-0.1, -0.05) is 0 Å². The monoisotopic (exact) mass is 218 g/mol. The average molecular weight is 218 g/mol. The van der Waals surface area contributed by atoms with Crippen LogP contribution in [0.4, 0.5) is 0 Å². The number of ether oxygens (including phenoxy) is 1. The van der Waals surface area contributed by atoms with E-state index >= 15 is 0 Å². The minimum Gasteiger partial charge on any atom is -0.543 e. The highest BCUT2D eigenvalue weighted by atomic mass is 16.5. The third-order valence-corrected chi connectivity index (χ3v) is 2.19. The number of aromatic nitrogens is 1. The van der Waals surface area contributed by atoms with Crippen LogP contribution in [0.15, 0.2) is 24.3 Å². The summed E-state index contributed by atoms with van der Waals surface area (Å²) in [6.45, 7) is 3.87. The second-order valence-electron chi connectivity index (χ2n) is 3.89. The Morgan fingerprint density at radius 2 is 2.12 bits per heavy atom. The van der Waals surface area contributed by atoms with Gasteiger partial charge in [-0.2, -0.15) is 0 Å². The number of carboxylic acids is 1. The van der Waals surface area contributed by atoms with Crippen LogP contribution in [0.3, 0.4) is 0 Å². The lowest BCUT2D eigenvalue weighted by molar-refractivity contribution is -0.255. The summed E-state index contributed by atoms with van der Waals surface area (Å²) >= 11 is 0. The minimum absolute atomic E-state index is 0.0803. The number of aromatic amines is 1. The van der Waals surface area contributed by atoms with Gasteiger partial charge in [-0.3, -0.25) is 0 Å². The van der Waals surface area contributed by atoms with E-state index in [1.807, 2.05) is 26.0 Å². The molecule has 1 N–H and O–H groups in total. The van der Waals surface area contributed by atoms with Crippen LogP contribution < -0.4 is 9.84 Å². The molecule has 4 heteroatoms. The molecule has 0 saturated heterocycles. The quantitative estimate of drug-likeness (QED) is 0.844. The Morgan fingerprint density at radius 1 is 1.38 bits per heavy atom. The van der Waals surface area contributed by atoms with Crippen LogP contribution in [0.5, 0.6) is 5.75 Å². The maximum atomic E-state index is 10.7. The molecule has 0 aliphatic rings. The zero-order valence-corrected chi connectivity index (χ0v) is 9.11. The Morgan fingerprint density at radius 3 is 2.75 bits per heavy atom. The van der Waals surface area contributed by atoms with E-state index in [1.54, 1.807) is 12.1 Å². The Hall–Kier alpha value is -1.97. The zero-order chi connectivity index (χ0) is 11.7. The van der Waals surface area contributed by atoms with Crippen molar-refractivity contribution in [1.29, 1.82) is 0 Å². The summed E-state index contributed by atoms with van der Waals surface area (Å²) in [4.78, 5) is 13.4. The molecule has 0 saturated carbocycles. The molecule has 0 bridgehead atoms. The Bertz CT molecular complexity index is 528. The number of carbonyl (C=O) groups is 1. The molecule has 0 aliphatic carbocycles. The van der Waals surface area contributed by atoms with Gasteiger partial charge in [0, 0.05) is 17.0 Å². The molecule has 84 valence electrons. The molecule has 1 heterocycles. The SMILES string of the molecule is CC(C)Oc1ccc2cc(C(=O)[O-])[nH]c2c1. The molecule has 0 radical (unpaired) electrons. The standard InChI is InChI=1S/C12H13NO3/c1-7(2)16-9-4-3-8-5-11(12(14)15)13-10(8)6-9/h3-7,13H,1-2H3,(H,14,15)/p-1. The Balaban J connectivity index is 2.41. The lowest BCUT2D eigenvalue weighted by atomic mass is 10.2. The fourth-order valence-corrected chi connectivity index (χ4v) is 1.56. The molecule has 0 aliphatic heterocycles. The highest BCUT2D eigenvalue weighted by Crippen LogP contribution is 2.22. The second kappa shape index (κ2) is 3.89. The van der Waals surface area contributed by atoms with Crippen LogP contribution >= 0.6 is 0 Å². The number of rotatable bonds is 3. The highest BCUT2D eigenvalue weighted by molar-refractivity contribution is 5.93. The van der Waals surface area contributed by atoms with Gasteiger partial charge < -0.3 is 19.6 Å². The van der Waals surface area contributed by atoms with Gasteiger partial charge in [0.15, 0.2) is 0 Å². The first kappa shape index (κ1) is 10.5. The molecule has 0 amide bonds. The first-order chi connectivity index (χ1) is 7.56. The molecule has 1 aromatic heterocycles. The number of hydrogen-bond acceptors (Lipinski definition) is 3. The summed E-state index contributed by atoms with van der Waals surface area (Å²) in [5.41, 5.74) is 0.814. The zero-order valence-electron chi connectivity index (χ0n) is 9.11. The van der Waals surface area contributed by atoms with Crippen LogP contribution in [0.1, 0.15) is 24.3 Å². The van der Waals surface area contributed by atoms with E-state index in [9.17, 15) is 9.90 Å². The van der Waals surface area contributed by atoms with Crippen LogP contribution in [0.25, 0.3) is 10.9 Å². The van der Waals surface area contributed by atoms with Crippen LogP contribution in [-0.2, 0) is 0 Å². The molecule has 2 rings (SSSR count). The maximum Gasteiger partial charge on any atom is 0.121 e. The van der Waals surface area contributed by atoms with Gasteiger partial charge in [-0.05, 0) is 32.0 Å². The second-order valence-corrected chi connectivity index (χ2v) is 3.89. The number of aromatic carboxylic acids is 1. The van der Waals surface area contributed by atoms with Crippen molar-refractivity contribution in [2.45, 2.75) is 20.0 Å². The molecule has 0 atom stereocenters. The van der Waals surface area contributed by atoms with Crippen molar-refractivity contribution in [3.63, 3.8) is 0 Å². The Kier molecular flexibility index (Phi) is 2.56. The normalized spacial score (nSPS) is 10.9. The summed E-state index contributed by atoms with van der Waals surface area (Å²) < 4.78 is 5.51. The average Bonchev–Trinajstić information content (AvgIpc) is 2.59. The van der Waals surface area contributed by atoms with Crippen LogP contribution in [0.2, 0.25) is 0 Å². The summed E-state index contributed by atoms with van der Waals surface area (Å²) in [6, 6.07) is 6.96. The van der Waals surface area contributed by atoms with Crippen molar-refractivity contribution in [2.24, 2.45) is 0 Å². The molecule has 16 heavy (non-hydrogen) atoms. The van der Waals surface area contributed by atoms with Crippen molar-refractivity contribution >= 4 is 16.9 Å². The van der Waals surface area contributed by atoms with Gasteiger partial charge >= 0.3 is 0 Å². The number of carbonyl (C=O) groups excluding carboxylic acids is 1. The third kappa shape index (κ3) is 2.00. The molecule has 0 fully saturated rings. The third-order valence-electron chi connectivity index (χ3n) is 2.19. The van der Waals surface area contributed by atoms with E-state index in [1.165, 1.54) is 0 Å². The summed E-state index contributed by atoms with van der Waals surface area (Å²) in [7, 11) is 0. The number of carboxylic acid groups (broad SMARTS) is 1. The lowest BCUT2D eigenvalue weighted by Crippen LogP contribution is -2.22.